The summed E-state index contributed by atoms with van der Waals surface area (Å²) in [5.74, 6) is -1.99. The van der Waals surface area contributed by atoms with Crippen LogP contribution >= 0.6 is 11.3 Å². The lowest BCUT2D eigenvalue weighted by Crippen LogP contribution is -2.27. The quantitative estimate of drug-likeness (QED) is 0.876. The van der Waals surface area contributed by atoms with Gasteiger partial charge >= 0.3 is 5.97 Å². The maximum Gasteiger partial charge on any atom is 0.340 e. The molecule has 0 radical (unpaired) electrons. The Morgan fingerprint density at radius 3 is 2.70 bits per heavy atom. The number of carbonyl (C=O) groups is 1. The maximum absolute atomic E-state index is 13.6. The van der Waals surface area contributed by atoms with Gasteiger partial charge in [0.2, 0.25) is 0 Å². The normalized spacial score (nSPS) is 11.3. The molecule has 0 bridgehead atoms. The molecular weight excluding hydrogens is 277 g/mol. The van der Waals surface area contributed by atoms with Gasteiger partial charge in [0.25, 0.3) is 0 Å². The minimum Gasteiger partial charge on any atom is -0.478 e. The van der Waals surface area contributed by atoms with Crippen LogP contribution in [-0.2, 0) is 5.41 Å². The van der Waals surface area contributed by atoms with Crippen LogP contribution in [0.3, 0.4) is 0 Å². The summed E-state index contributed by atoms with van der Waals surface area (Å²) in [6.45, 7) is 4.65. The summed E-state index contributed by atoms with van der Waals surface area (Å²) in [5.41, 5.74) is -0.160. The van der Waals surface area contributed by atoms with E-state index in [1.807, 2.05) is 17.5 Å². The molecule has 5 heteroatoms. The second kappa shape index (κ2) is 5.63. The van der Waals surface area contributed by atoms with Gasteiger partial charge in [-0.2, -0.15) is 0 Å². The fourth-order valence-electron chi connectivity index (χ4n) is 1.96. The lowest BCUT2D eigenvalue weighted by Gasteiger charge is -2.24. The van der Waals surface area contributed by atoms with Crippen molar-refractivity contribution in [3.63, 3.8) is 0 Å². The first-order valence-corrected chi connectivity index (χ1v) is 7.09. The summed E-state index contributed by atoms with van der Waals surface area (Å²) >= 11 is 1.65. The molecule has 0 amide bonds. The summed E-state index contributed by atoms with van der Waals surface area (Å²) in [7, 11) is 0. The first-order chi connectivity index (χ1) is 9.42. The van der Waals surface area contributed by atoms with Gasteiger partial charge in [-0.25, -0.2) is 9.18 Å². The van der Waals surface area contributed by atoms with Crippen molar-refractivity contribution in [1.82, 2.24) is 0 Å². The number of rotatable bonds is 5. The molecule has 0 saturated carbocycles. The van der Waals surface area contributed by atoms with Crippen LogP contribution in [0.25, 0.3) is 0 Å². The smallest absolute Gasteiger partial charge is 0.340 e. The molecule has 0 spiro atoms. The zero-order valence-corrected chi connectivity index (χ0v) is 12.1. The van der Waals surface area contributed by atoms with Gasteiger partial charge < -0.3 is 10.4 Å². The third-order valence-corrected chi connectivity index (χ3v) is 4.37. The van der Waals surface area contributed by atoms with Gasteiger partial charge in [-0.1, -0.05) is 26.0 Å². The zero-order chi connectivity index (χ0) is 14.8. The van der Waals surface area contributed by atoms with Crippen molar-refractivity contribution in [2.45, 2.75) is 19.3 Å². The average molecular weight is 293 g/mol. The van der Waals surface area contributed by atoms with Gasteiger partial charge in [0.1, 0.15) is 11.4 Å². The Bertz CT molecular complexity index is 608. The van der Waals surface area contributed by atoms with E-state index in [4.69, 9.17) is 5.11 Å². The molecule has 3 nitrogen and oxygen atoms in total. The summed E-state index contributed by atoms with van der Waals surface area (Å²) in [6, 6.07) is 8.25. The van der Waals surface area contributed by atoms with E-state index >= 15 is 0 Å². The Balaban J connectivity index is 2.20. The van der Waals surface area contributed by atoms with Gasteiger partial charge in [0, 0.05) is 16.8 Å². The number of aromatic carboxylic acids is 1. The second-order valence-electron chi connectivity index (χ2n) is 5.18. The van der Waals surface area contributed by atoms with Crippen molar-refractivity contribution in [2.24, 2.45) is 0 Å². The molecule has 0 saturated heterocycles. The lowest BCUT2D eigenvalue weighted by atomic mass is 9.91. The lowest BCUT2D eigenvalue weighted by molar-refractivity contribution is 0.0693. The maximum atomic E-state index is 13.6. The number of nitrogens with one attached hydrogen (secondary N) is 1. The number of carboxylic acid groups (broad SMARTS) is 1. The molecule has 1 aromatic carbocycles. The van der Waals surface area contributed by atoms with E-state index in [9.17, 15) is 9.18 Å². The van der Waals surface area contributed by atoms with Crippen molar-refractivity contribution in [3.05, 3.63) is 52.0 Å². The average Bonchev–Trinajstić information content (AvgIpc) is 2.90. The topological polar surface area (TPSA) is 49.3 Å². The summed E-state index contributed by atoms with van der Waals surface area (Å²) in [6.07, 6.45) is 0. The van der Waals surface area contributed by atoms with Crippen molar-refractivity contribution in [2.75, 3.05) is 11.9 Å². The van der Waals surface area contributed by atoms with Gasteiger partial charge in [0.15, 0.2) is 0 Å². The SMILES string of the molecule is CC(C)(CNc1cccc(F)c1C(=O)O)c1cccs1. The molecule has 20 heavy (non-hydrogen) atoms. The molecular formula is C15H16FNO2S. The number of anilines is 1. The largest absolute Gasteiger partial charge is 0.478 e. The second-order valence-corrected chi connectivity index (χ2v) is 6.13. The van der Waals surface area contributed by atoms with E-state index in [1.54, 1.807) is 17.4 Å². The number of halogens is 1. The molecule has 0 aliphatic carbocycles. The first kappa shape index (κ1) is 14.5. The molecule has 0 atom stereocenters. The van der Waals surface area contributed by atoms with E-state index in [-0.39, 0.29) is 11.0 Å². The minimum absolute atomic E-state index is 0.156. The number of carboxylic acids is 1. The van der Waals surface area contributed by atoms with Crippen LogP contribution in [0.1, 0.15) is 29.1 Å². The standard InChI is InChI=1S/C15H16FNO2S/c1-15(2,12-7-4-8-20-12)9-17-11-6-3-5-10(16)13(11)14(18)19/h3-8,17H,9H2,1-2H3,(H,18,19). The van der Waals surface area contributed by atoms with Gasteiger partial charge in [-0.05, 0) is 23.6 Å². The first-order valence-electron chi connectivity index (χ1n) is 6.21. The Hall–Kier alpha value is -1.88. The predicted molar refractivity (Wildman–Crippen MR) is 79.2 cm³/mol. The fraction of sp³-hybridized carbons (Fsp3) is 0.267. The van der Waals surface area contributed by atoms with Gasteiger partial charge in [0.05, 0.1) is 5.69 Å². The van der Waals surface area contributed by atoms with E-state index in [0.29, 0.717) is 12.2 Å². The van der Waals surface area contributed by atoms with E-state index < -0.39 is 11.8 Å². The van der Waals surface area contributed by atoms with Gasteiger partial charge in [-0.15, -0.1) is 11.3 Å². The highest BCUT2D eigenvalue weighted by Crippen LogP contribution is 2.28. The molecule has 0 aliphatic rings. The Morgan fingerprint density at radius 1 is 1.35 bits per heavy atom. The summed E-state index contributed by atoms with van der Waals surface area (Å²) in [4.78, 5) is 12.3. The fourth-order valence-corrected chi connectivity index (χ4v) is 2.81. The molecule has 0 unspecified atom stereocenters. The van der Waals surface area contributed by atoms with Crippen LogP contribution in [0.15, 0.2) is 35.7 Å². The molecule has 0 fully saturated rings. The zero-order valence-electron chi connectivity index (χ0n) is 11.3. The number of thiophene rings is 1. The van der Waals surface area contributed by atoms with E-state index in [2.05, 4.69) is 19.2 Å². The number of hydrogen-bond acceptors (Lipinski definition) is 3. The third kappa shape index (κ3) is 2.99. The van der Waals surface area contributed by atoms with Crippen LogP contribution in [0.4, 0.5) is 10.1 Å². The Labute approximate surface area is 121 Å². The van der Waals surface area contributed by atoms with E-state index in [1.165, 1.54) is 10.9 Å². The highest BCUT2D eigenvalue weighted by molar-refractivity contribution is 7.10. The molecule has 2 aromatic rings. The van der Waals surface area contributed by atoms with Crippen LogP contribution in [0.5, 0.6) is 0 Å². The van der Waals surface area contributed by atoms with Crippen LogP contribution < -0.4 is 5.32 Å². The predicted octanol–water partition coefficient (Wildman–Crippen LogP) is 3.98. The third-order valence-electron chi connectivity index (χ3n) is 3.14. The molecule has 2 rings (SSSR count). The van der Waals surface area contributed by atoms with Crippen molar-refractivity contribution < 1.29 is 14.3 Å². The van der Waals surface area contributed by atoms with Crippen LogP contribution in [-0.4, -0.2) is 17.6 Å². The molecule has 0 aliphatic heterocycles. The van der Waals surface area contributed by atoms with Crippen LogP contribution in [0.2, 0.25) is 0 Å². The summed E-state index contributed by atoms with van der Waals surface area (Å²) < 4.78 is 13.6. The van der Waals surface area contributed by atoms with Crippen molar-refractivity contribution >= 4 is 23.0 Å². The molecule has 106 valence electrons. The molecule has 1 heterocycles. The van der Waals surface area contributed by atoms with Crippen molar-refractivity contribution in [3.8, 4) is 0 Å². The van der Waals surface area contributed by atoms with Crippen molar-refractivity contribution in [1.29, 1.82) is 0 Å². The van der Waals surface area contributed by atoms with Crippen LogP contribution in [0, 0.1) is 5.82 Å². The number of hydrogen-bond donors (Lipinski definition) is 2. The Kier molecular flexibility index (Phi) is 4.09. The highest BCUT2D eigenvalue weighted by Gasteiger charge is 2.23. The summed E-state index contributed by atoms with van der Waals surface area (Å²) in [5, 5.41) is 14.1. The van der Waals surface area contributed by atoms with Gasteiger partial charge in [-0.3, -0.25) is 0 Å². The monoisotopic (exact) mass is 293 g/mol. The number of benzene rings is 1. The highest BCUT2D eigenvalue weighted by atomic mass is 32.1. The Morgan fingerprint density at radius 2 is 2.10 bits per heavy atom. The molecule has 1 aromatic heterocycles. The molecule has 2 N–H and O–H groups in total. The minimum atomic E-state index is -1.26. The van der Waals surface area contributed by atoms with E-state index in [0.717, 1.165) is 6.07 Å².